The van der Waals surface area contributed by atoms with E-state index >= 15 is 0 Å². The van der Waals surface area contributed by atoms with Crippen LogP contribution in [0.3, 0.4) is 0 Å². The molecule has 0 saturated carbocycles. The van der Waals surface area contributed by atoms with E-state index in [-0.39, 0.29) is 11.8 Å². The van der Waals surface area contributed by atoms with Gasteiger partial charge in [-0.2, -0.15) is 13.2 Å². The molecule has 0 amide bonds. The lowest BCUT2D eigenvalue weighted by atomic mass is 10.3. The first-order valence-electron chi connectivity index (χ1n) is 4.09. The maximum Gasteiger partial charge on any atom is 0.415 e. The number of aliphatic hydroxyl groups is 1. The zero-order chi connectivity index (χ0) is 11.5. The number of hydrogen-bond donors (Lipinski definition) is 2. The molecule has 0 bridgehead atoms. The van der Waals surface area contributed by atoms with E-state index in [0.717, 1.165) is 0 Å². The summed E-state index contributed by atoms with van der Waals surface area (Å²) in [6.07, 6.45) is -6.98. The van der Waals surface area contributed by atoms with Crippen LogP contribution in [-0.4, -0.2) is 23.9 Å². The molecule has 15 heavy (non-hydrogen) atoms. The van der Waals surface area contributed by atoms with Gasteiger partial charge in [-0.25, -0.2) is 0 Å². The summed E-state index contributed by atoms with van der Waals surface area (Å²) in [7, 11) is 0. The van der Waals surface area contributed by atoms with Crippen molar-refractivity contribution in [3.63, 3.8) is 0 Å². The number of halogens is 4. The van der Waals surface area contributed by atoms with Crippen LogP contribution in [0.25, 0.3) is 0 Å². The highest BCUT2D eigenvalue weighted by Crippen LogP contribution is 2.19. The fourth-order valence-electron chi connectivity index (χ4n) is 0.895. The normalized spacial score (nSPS) is 14.2. The Labute approximate surface area is 88.8 Å². The van der Waals surface area contributed by atoms with Crippen molar-refractivity contribution in [3.05, 3.63) is 23.1 Å². The summed E-state index contributed by atoms with van der Waals surface area (Å²) in [5, 5.41) is 11.2. The minimum absolute atomic E-state index is 0.0832. The molecule has 2 N–H and O–H groups in total. The van der Waals surface area contributed by atoms with Gasteiger partial charge in [0, 0.05) is 6.54 Å². The van der Waals surface area contributed by atoms with Crippen molar-refractivity contribution in [2.75, 3.05) is 6.54 Å². The van der Waals surface area contributed by atoms with Gasteiger partial charge in [0.25, 0.3) is 0 Å². The molecule has 0 fully saturated rings. The van der Waals surface area contributed by atoms with Crippen LogP contribution in [0.4, 0.5) is 13.2 Å². The predicted molar refractivity (Wildman–Crippen MR) is 47.5 cm³/mol. The van der Waals surface area contributed by atoms with Gasteiger partial charge in [-0.3, -0.25) is 0 Å². The van der Waals surface area contributed by atoms with E-state index < -0.39 is 18.8 Å². The number of furan rings is 1. The van der Waals surface area contributed by atoms with E-state index in [0.29, 0.717) is 5.76 Å². The summed E-state index contributed by atoms with van der Waals surface area (Å²) >= 11 is 5.45. The molecule has 7 heteroatoms. The summed E-state index contributed by atoms with van der Waals surface area (Å²) in [5.41, 5.74) is 0. The fourth-order valence-corrected chi connectivity index (χ4v) is 1.06. The standard InChI is InChI=1S/C8H9ClF3NO2/c9-7-2-1-5(15-7)3-13-4-6(14)8(10,11)12/h1-2,6,13-14H,3-4H2. The van der Waals surface area contributed by atoms with Gasteiger partial charge in [-0.1, -0.05) is 0 Å². The van der Waals surface area contributed by atoms with Crippen molar-refractivity contribution in [2.45, 2.75) is 18.8 Å². The molecule has 0 radical (unpaired) electrons. The number of nitrogens with one attached hydrogen (secondary N) is 1. The van der Waals surface area contributed by atoms with Crippen LogP contribution in [-0.2, 0) is 6.54 Å². The van der Waals surface area contributed by atoms with Gasteiger partial charge in [-0.15, -0.1) is 0 Å². The van der Waals surface area contributed by atoms with Crippen LogP contribution in [0.1, 0.15) is 5.76 Å². The Morgan fingerprint density at radius 2 is 2.13 bits per heavy atom. The van der Waals surface area contributed by atoms with E-state index in [1.165, 1.54) is 12.1 Å². The topological polar surface area (TPSA) is 45.4 Å². The van der Waals surface area contributed by atoms with Crippen LogP contribution in [0.2, 0.25) is 5.22 Å². The van der Waals surface area contributed by atoms with Crippen molar-refractivity contribution in [1.29, 1.82) is 0 Å². The molecule has 0 aliphatic carbocycles. The summed E-state index contributed by atoms with van der Waals surface area (Å²) in [6.45, 7) is -0.498. The van der Waals surface area contributed by atoms with Gasteiger partial charge in [0.15, 0.2) is 11.3 Å². The van der Waals surface area contributed by atoms with E-state index in [9.17, 15) is 13.2 Å². The number of hydrogen-bond acceptors (Lipinski definition) is 3. The molecule has 0 aliphatic rings. The van der Waals surface area contributed by atoms with E-state index in [1.54, 1.807) is 0 Å². The molecule has 0 aliphatic heterocycles. The Bertz CT molecular complexity index is 313. The zero-order valence-corrected chi connectivity index (χ0v) is 8.27. The van der Waals surface area contributed by atoms with Gasteiger partial charge in [-0.05, 0) is 23.7 Å². The van der Waals surface area contributed by atoms with Crippen LogP contribution in [0, 0.1) is 0 Å². The van der Waals surface area contributed by atoms with Crippen LogP contribution < -0.4 is 5.32 Å². The highest BCUT2D eigenvalue weighted by atomic mass is 35.5. The average molecular weight is 244 g/mol. The Balaban J connectivity index is 2.28. The highest BCUT2D eigenvalue weighted by molar-refractivity contribution is 6.28. The maximum atomic E-state index is 11.8. The van der Waals surface area contributed by atoms with Gasteiger partial charge in [0.05, 0.1) is 6.54 Å². The summed E-state index contributed by atoms with van der Waals surface area (Å²) in [6, 6.07) is 3.02. The summed E-state index contributed by atoms with van der Waals surface area (Å²) in [5.74, 6) is 0.411. The second kappa shape index (κ2) is 4.87. The predicted octanol–water partition coefficient (Wildman–Crippen LogP) is 1.95. The Kier molecular flexibility index (Phi) is 4.01. The van der Waals surface area contributed by atoms with E-state index in [4.69, 9.17) is 21.1 Å². The molecule has 1 rings (SSSR count). The third kappa shape index (κ3) is 4.11. The molecule has 0 saturated heterocycles. The minimum Gasteiger partial charge on any atom is -0.448 e. The first kappa shape index (κ1) is 12.4. The van der Waals surface area contributed by atoms with Crippen molar-refractivity contribution >= 4 is 11.6 Å². The monoisotopic (exact) mass is 243 g/mol. The zero-order valence-electron chi connectivity index (χ0n) is 7.51. The Hall–Kier alpha value is -0.720. The molecule has 3 nitrogen and oxygen atoms in total. The molecular formula is C8H9ClF3NO2. The largest absolute Gasteiger partial charge is 0.448 e. The molecule has 1 unspecified atom stereocenters. The van der Waals surface area contributed by atoms with Gasteiger partial charge < -0.3 is 14.8 Å². The lowest BCUT2D eigenvalue weighted by Gasteiger charge is -2.14. The van der Waals surface area contributed by atoms with Crippen LogP contribution in [0.5, 0.6) is 0 Å². The molecule has 0 spiro atoms. The van der Waals surface area contributed by atoms with Crippen molar-refractivity contribution in [2.24, 2.45) is 0 Å². The van der Waals surface area contributed by atoms with Crippen molar-refractivity contribution in [1.82, 2.24) is 5.32 Å². The SMILES string of the molecule is OC(CNCc1ccc(Cl)o1)C(F)(F)F. The number of aliphatic hydroxyl groups excluding tert-OH is 1. The van der Waals surface area contributed by atoms with E-state index in [2.05, 4.69) is 5.32 Å². The lowest BCUT2D eigenvalue weighted by molar-refractivity contribution is -0.201. The molecular weight excluding hydrogens is 235 g/mol. The Morgan fingerprint density at radius 3 is 2.60 bits per heavy atom. The third-order valence-electron chi connectivity index (χ3n) is 1.64. The van der Waals surface area contributed by atoms with Crippen molar-refractivity contribution in [3.8, 4) is 0 Å². The first-order valence-corrected chi connectivity index (χ1v) is 4.47. The van der Waals surface area contributed by atoms with E-state index in [1.807, 2.05) is 0 Å². The maximum absolute atomic E-state index is 11.8. The third-order valence-corrected chi connectivity index (χ3v) is 1.85. The lowest BCUT2D eigenvalue weighted by Crippen LogP contribution is -2.38. The molecule has 1 heterocycles. The van der Waals surface area contributed by atoms with Gasteiger partial charge >= 0.3 is 6.18 Å². The second-order valence-electron chi connectivity index (χ2n) is 2.89. The minimum atomic E-state index is -4.60. The second-order valence-corrected chi connectivity index (χ2v) is 3.27. The molecule has 1 atom stereocenters. The fraction of sp³-hybridized carbons (Fsp3) is 0.500. The average Bonchev–Trinajstić information content (AvgIpc) is 2.49. The first-order chi connectivity index (χ1) is 6.89. The van der Waals surface area contributed by atoms with Crippen molar-refractivity contribution < 1.29 is 22.7 Å². The summed E-state index contributed by atoms with van der Waals surface area (Å²) in [4.78, 5) is 0. The van der Waals surface area contributed by atoms with Crippen LogP contribution >= 0.6 is 11.6 Å². The molecule has 0 aromatic carbocycles. The van der Waals surface area contributed by atoms with Gasteiger partial charge in [0.1, 0.15) is 5.76 Å². The van der Waals surface area contributed by atoms with Crippen LogP contribution in [0.15, 0.2) is 16.5 Å². The molecule has 1 aromatic heterocycles. The molecule has 86 valence electrons. The smallest absolute Gasteiger partial charge is 0.415 e. The summed E-state index contributed by atoms with van der Waals surface area (Å²) < 4.78 is 40.4. The highest BCUT2D eigenvalue weighted by Gasteiger charge is 2.37. The Morgan fingerprint density at radius 1 is 1.47 bits per heavy atom. The van der Waals surface area contributed by atoms with Gasteiger partial charge in [0.2, 0.25) is 0 Å². The number of rotatable bonds is 4. The number of alkyl halides is 3. The molecule has 1 aromatic rings. The quantitative estimate of drug-likeness (QED) is 0.850.